The molecule has 9 nitrogen and oxygen atoms in total. The van der Waals surface area contributed by atoms with Crippen LogP contribution in [0.5, 0.6) is 0 Å². The van der Waals surface area contributed by atoms with Gasteiger partial charge in [-0.1, -0.05) is 244 Å². The molecule has 380 valence electrons. The topological polar surface area (TPSA) is 149 Å². The summed E-state index contributed by atoms with van der Waals surface area (Å²) in [7, 11) is 0. The molecule has 0 aromatic heterocycles. The summed E-state index contributed by atoms with van der Waals surface area (Å²) in [5.41, 5.74) is 0. The van der Waals surface area contributed by atoms with Gasteiger partial charge in [0.15, 0.2) is 6.29 Å². The first-order valence-electron chi connectivity index (χ1n) is 27.9. The van der Waals surface area contributed by atoms with Gasteiger partial charge in [-0.15, -0.1) is 0 Å². The summed E-state index contributed by atoms with van der Waals surface area (Å²) in [6, 6.07) is -0.718. The van der Waals surface area contributed by atoms with Gasteiger partial charge in [0.05, 0.1) is 25.4 Å². The van der Waals surface area contributed by atoms with Crippen molar-refractivity contribution in [1.82, 2.24) is 5.32 Å². The first-order chi connectivity index (χ1) is 31.3. The van der Waals surface area contributed by atoms with Gasteiger partial charge in [-0.05, 0) is 38.5 Å². The lowest BCUT2D eigenvalue weighted by atomic mass is 9.99. The Balaban J connectivity index is 2.21. The molecule has 0 saturated carbocycles. The summed E-state index contributed by atoms with van der Waals surface area (Å²) in [5, 5.41) is 54.6. The molecular weight excluding hydrogens is 803 g/mol. The van der Waals surface area contributed by atoms with E-state index in [1.54, 1.807) is 0 Å². The summed E-state index contributed by atoms with van der Waals surface area (Å²) in [6.45, 7) is 3.86. The lowest BCUT2D eigenvalue weighted by molar-refractivity contribution is -0.302. The predicted octanol–water partition coefficient (Wildman–Crippen LogP) is 13.2. The van der Waals surface area contributed by atoms with Crippen molar-refractivity contribution in [1.29, 1.82) is 0 Å². The summed E-state index contributed by atoms with van der Waals surface area (Å²) in [6.07, 6.45) is 48.0. The van der Waals surface area contributed by atoms with Crippen LogP contribution in [0.4, 0.5) is 0 Å². The molecule has 0 radical (unpaired) electrons. The van der Waals surface area contributed by atoms with E-state index < -0.39 is 49.5 Å². The third-order valence-electron chi connectivity index (χ3n) is 13.6. The molecule has 0 aromatic rings. The number of amides is 1. The molecule has 1 aliphatic rings. The molecule has 9 heteroatoms. The van der Waals surface area contributed by atoms with Crippen LogP contribution in [0.1, 0.15) is 277 Å². The highest BCUT2D eigenvalue weighted by molar-refractivity contribution is 5.76. The summed E-state index contributed by atoms with van der Waals surface area (Å²) < 4.78 is 11.3. The van der Waals surface area contributed by atoms with Gasteiger partial charge in [0.25, 0.3) is 0 Å². The molecule has 1 amide bonds. The monoisotopic (exact) mass is 910 g/mol. The van der Waals surface area contributed by atoms with Gasteiger partial charge in [-0.25, -0.2) is 0 Å². The molecule has 0 aliphatic carbocycles. The first-order valence-corrected chi connectivity index (χ1v) is 27.9. The van der Waals surface area contributed by atoms with Crippen molar-refractivity contribution < 1.29 is 39.8 Å². The minimum atomic E-state index is -1.55. The predicted molar refractivity (Wildman–Crippen MR) is 267 cm³/mol. The van der Waals surface area contributed by atoms with Crippen LogP contribution in [-0.2, 0) is 14.3 Å². The van der Waals surface area contributed by atoms with Crippen LogP contribution in [0.3, 0.4) is 0 Å². The molecule has 1 fully saturated rings. The van der Waals surface area contributed by atoms with Gasteiger partial charge in [0, 0.05) is 6.42 Å². The molecule has 7 unspecified atom stereocenters. The molecule has 1 aliphatic heterocycles. The number of aliphatic hydroxyl groups is 5. The SMILES string of the molecule is CCCCCCCC/C=C\CCCCCCCCCC(=O)NC(COC1OC(CO)C(O)C(O)C1O)C(O)CCCCCCCCCCCCCCCCCCCCCCCCCC. The highest BCUT2D eigenvalue weighted by Gasteiger charge is 2.44. The van der Waals surface area contributed by atoms with E-state index in [2.05, 4.69) is 31.3 Å². The third kappa shape index (κ3) is 35.1. The maximum atomic E-state index is 13.0. The number of hydrogen-bond acceptors (Lipinski definition) is 8. The second-order valence-corrected chi connectivity index (χ2v) is 19.7. The Hall–Kier alpha value is -1.07. The quantitative estimate of drug-likeness (QED) is 0.0261. The minimum Gasteiger partial charge on any atom is -0.394 e. The number of nitrogens with one attached hydrogen (secondary N) is 1. The van der Waals surface area contributed by atoms with Crippen molar-refractivity contribution in [3.8, 4) is 0 Å². The Morgan fingerprint density at radius 3 is 1.27 bits per heavy atom. The van der Waals surface area contributed by atoms with Crippen LogP contribution in [0.2, 0.25) is 0 Å². The highest BCUT2D eigenvalue weighted by atomic mass is 16.7. The van der Waals surface area contributed by atoms with E-state index in [-0.39, 0.29) is 12.5 Å². The number of hydrogen-bond donors (Lipinski definition) is 6. The van der Waals surface area contributed by atoms with E-state index in [0.717, 1.165) is 38.5 Å². The number of ether oxygens (including phenoxy) is 2. The van der Waals surface area contributed by atoms with Crippen LogP contribution in [0.15, 0.2) is 12.2 Å². The number of carbonyl (C=O) groups excluding carboxylic acids is 1. The van der Waals surface area contributed by atoms with Crippen molar-refractivity contribution in [2.24, 2.45) is 0 Å². The first kappa shape index (κ1) is 60.9. The van der Waals surface area contributed by atoms with E-state index in [1.165, 1.54) is 212 Å². The molecule has 6 N–H and O–H groups in total. The van der Waals surface area contributed by atoms with E-state index >= 15 is 0 Å². The van der Waals surface area contributed by atoms with Gasteiger partial charge < -0.3 is 40.3 Å². The van der Waals surface area contributed by atoms with Crippen LogP contribution in [0, 0.1) is 0 Å². The highest BCUT2D eigenvalue weighted by Crippen LogP contribution is 2.23. The molecule has 0 bridgehead atoms. The zero-order chi connectivity index (χ0) is 46.6. The Kier molecular flexibility index (Phi) is 43.5. The molecule has 0 aromatic carbocycles. The van der Waals surface area contributed by atoms with E-state index in [9.17, 15) is 30.3 Å². The van der Waals surface area contributed by atoms with Crippen LogP contribution >= 0.6 is 0 Å². The smallest absolute Gasteiger partial charge is 0.220 e. The fraction of sp³-hybridized carbons (Fsp3) is 0.945. The standard InChI is InChI=1S/C55H107NO8/c1-3-5-7-9-11-13-15-17-19-21-22-23-24-25-26-27-29-30-32-34-36-38-40-42-44-49(58)48(47-63-55-54(62)53(61)52(60)50(46-57)64-55)56-51(59)45-43-41-39-37-35-33-31-28-20-18-16-14-12-10-8-6-4-2/h18,20,48-50,52-55,57-58,60-62H,3-17,19,21-47H2,1-2H3,(H,56,59)/b20-18-. The zero-order valence-corrected chi connectivity index (χ0v) is 42.1. The number of rotatable bonds is 48. The second-order valence-electron chi connectivity index (χ2n) is 19.7. The number of unbranched alkanes of at least 4 members (excludes halogenated alkanes) is 36. The number of carbonyl (C=O) groups is 1. The van der Waals surface area contributed by atoms with Gasteiger partial charge in [-0.3, -0.25) is 4.79 Å². The number of aliphatic hydroxyl groups excluding tert-OH is 5. The van der Waals surface area contributed by atoms with E-state index in [4.69, 9.17) is 9.47 Å². The van der Waals surface area contributed by atoms with Crippen molar-refractivity contribution >= 4 is 5.91 Å². The molecule has 1 rings (SSSR count). The van der Waals surface area contributed by atoms with Gasteiger partial charge >= 0.3 is 0 Å². The van der Waals surface area contributed by atoms with Crippen molar-refractivity contribution in [2.75, 3.05) is 13.2 Å². The van der Waals surface area contributed by atoms with Gasteiger partial charge in [-0.2, -0.15) is 0 Å². The third-order valence-corrected chi connectivity index (χ3v) is 13.6. The van der Waals surface area contributed by atoms with Crippen LogP contribution < -0.4 is 5.32 Å². The minimum absolute atomic E-state index is 0.136. The Morgan fingerprint density at radius 2 is 0.875 bits per heavy atom. The Morgan fingerprint density at radius 1 is 0.516 bits per heavy atom. The van der Waals surface area contributed by atoms with E-state index in [1.807, 2.05) is 0 Å². The molecule has 7 atom stereocenters. The lowest BCUT2D eigenvalue weighted by Crippen LogP contribution is -2.60. The average Bonchev–Trinajstić information content (AvgIpc) is 3.29. The molecule has 0 spiro atoms. The molecule has 1 saturated heterocycles. The summed E-state index contributed by atoms with van der Waals surface area (Å²) in [4.78, 5) is 13.0. The Labute approximate surface area is 395 Å². The average molecular weight is 910 g/mol. The molecule has 1 heterocycles. The maximum Gasteiger partial charge on any atom is 0.220 e. The van der Waals surface area contributed by atoms with E-state index in [0.29, 0.717) is 12.8 Å². The van der Waals surface area contributed by atoms with Crippen LogP contribution in [-0.4, -0.2) is 87.5 Å². The fourth-order valence-electron chi connectivity index (χ4n) is 9.16. The lowest BCUT2D eigenvalue weighted by Gasteiger charge is -2.40. The fourth-order valence-corrected chi connectivity index (χ4v) is 9.16. The molecule has 64 heavy (non-hydrogen) atoms. The Bertz CT molecular complexity index is 1010. The zero-order valence-electron chi connectivity index (χ0n) is 42.1. The maximum absolute atomic E-state index is 13.0. The largest absolute Gasteiger partial charge is 0.394 e. The summed E-state index contributed by atoms with van der Waals surface area (Å²) in [5.74, 6) is -0.145. The van der Waals surface area contributed by atoms with Crippen molar-refractivity contribution in [3.63, 3.8) is 0 Å². The molecular formula is C55H107NO8. The number of allylic oxidation sites excluding steroid dienone is 2. The second kappa shape index (κ2) is 45.7. The van der Waals surface area contributed by atoms with Crippen LogP contribution in [0.25, 0.3) is 0 Å². The van der Waals surface area contributed by atoms with Gasteiger partial charge in [0.1, 0.15) is 24.4 Å². The summed E-state index contributed by atoms with van der Waals surface area (Å²) >= 11 is 0. The van der Waals surface area contributed by atoms with Crippen molar-refractivity contribution in [3.05, 3.63) is 12.2 Å². The van der Waals surface area contributed by atoms with Crippen molar-refractivity contribution in [2.45, 2.75) is 320 Å². The van der Waals surface area contributed by atoms with Gasteiger partial charge in [0.2, 0.25) is 5.91 Å². The normalized spacial score (nSPS) is 20.0.